The summed E-state index contributed by atoms with van der Waals surface area (Å²) in [5.41, 5.74) is 5.57. The Morgan fingerprint density at radius 2 is 1.37 bits per heavy atom. The highest BCUT2D eigenvalue weighted by atomic mass is 16.5. The Labute approximate surface area is 119 Å². The van der Waals surface area contributed by atoms with Crippen LogP contribution in [0.4, 0.5) is 0 Å². The lowest BCUT2D eigenvalue weighted by molar-refractivity contribution is -0.145. The van der Waals surface area contributed by atoms with E-state index in [2.05, 4.69) is 6.92 Å². The molecule has 0 heterocycles. The number of unbranched alkanes of at least 4 members (excludes halogenated alkanes) is 9. The minimum atomic E-state index is -0.442. The van der Waals surface area contributed by atoms with Crippen molar-refractivity contribution < 1.29 is 9.53 Å². The molecular weight excluding hydrogens is 238 g/mol. The van der Waals surface area contributed by atoms with Crippen LogP contribution in [0.3, 0.4) is 0 Å². The van der Waals surface area contributed by atoms with E-state index in [0.717, 1.165) is 12.8 Å². The summed E-state index contributed by atoms with van der Waals surface area (Å²) in [5.74, 6) is -0.251. The average Bonchev–Trinajstić information content (AvgIpc) is 2.43. The van der Waals surface area contributed by atoms with Gasteiger partial charge in [0.1, 0.15) is 6.04 Å². The van der Waals surface area contributed by atoms with Crippen LogP contribution < -0.4 is 5.73 Å². The number of rotatable bonds is 13. The molecule has 0 aliphatic carbocycles. The molecule has 19 heavy (non-hydrogen) atoms. The van der Waals surface area contributed by atoms with Gasteiger partial charge in [-0.2, -0.15) is 0 Å². The summed E-state index contributed by atoms with van der Waals surface area (Å²) < 4.78 is 5.10. The van der Waals surface area contributed by atoms with Crippen LogP contribution in [-0.4, -0.2) is 18.6 Å². The standard InChI is InChI=1S/C16H33NO2/c1-3-5-6-7-8-9-10-11-12-13-14-19-16(18)15(17)4-2/h15H,3-14,17H2,1-2H3. The third kappa shape index (κ3) is 12.2. The van der Waals surface area contributed by atoms with Gasteiger partial charge in [0.15, 0.2) is 0 Å². The molecule has 0 saturated heterocycles. The summed E-state index contributed by atoms with van der Waals surface area (Å²) in [5, 5.41) is 0. The maximum Gasteiger partial charge on any atom is 0.322 e. The number of carbonyl (C=O) groups excluding carboxylic acids is 1. The molecular formula is C16H33NO2. The Bertz CT molecular complexity index is 207. The van der Waals surface area contributed by atoms with Gasteiger partial charge in [-0.25, -0.2) is 0 Å². The zero-order valence-electron chi connectivity index (χ0n) is 13.0. The van der Waals surface area contributed by atoms with E-state index < -0.39 is 6.04 Å². The third-order valence-corrected chi connectivity index (χ3v) is 3.48. The number of nitrogens with two attached hydrogens (primary N) is 1. The number of ether oxygens (including phenoxy) is 1. The number of carbonyl (C=O) groups is 1. The van der Waals surface area contributed by atoms with Crippen LogP contribution in [0.15, 0.2) is 0 Å². The second kappa shape index (κ2) is 13.9. The van der Waals surface area contributed by atoms with E-state index in [9.17, 15) is 4.79 Å². The molecule has 1 atom stereocenters. The molecule has 0 radical (unpaired) electrons. The molecule has 3 nitrogen and oxygen atoms in total. The minimum absolute atomic E-state index is 0.251. The minimum Gasteiger partial charge on any atom is -0.465 e. The molecule has 0 rings (SSSR count). The van der Waals surface area contributed by atoms with Crippen LogP contribution in [0.25, 0.3) is 0 Å². The monoisotopic (exact) mass is 271 g/mol. The quantitative estimate of drug-likeness (QED) is 0.404. The smallest absolute Gasteiger partial charge is 0.322 e. The van der Waals surface area contributed by atoms with E-state index in [-0.39, 0.29) is 5.97 Å². The highest BCUT2D eigenvalue weighted by molar-refractivity contribution is 5.75. The fourth-order valence-corrected chi connectivity index (χ4v) is 2.04. The lowest BCUT2D eigenvalue weighted by Crippen LogP contribution is -2.31. The van der Waals surface area contributed by atoms with Crippen molar-refractivity contribution in [2.24, 2.45) is 5.73 Å². The Balaban J connectivity index is 3.13. The van der Waals surface area contributed by atoms with Crippen molar-refractivity contribution in [3.63, 3.8) is 0 Å². The molecule has 1 unspecified atom stereocenters. The molecule has 0 spiro atoms. The van der Waals surface area contributed by atoms with Gasteiger partial charge >= 0.3 is 5.97 Å². The zero-order valence-corrected chi connectivity index (χ0v) is 13.0. The largest absolute Gasteiger partial charge is 0.465 e. The first kappa shape index (κ1) is 18.4. The van der Waals surface area contributed by atoms with E-state index in [0.29, 0.717) is 13.0 Å². The van der Waals surface area contributed by atoms with Gasteiger partial charge in [0.05, 0.1) is 6.61 Å². The molecule has 0 aromatic heterocycles. The summed E-state index contributed by atoms with van der Waals surface area (Å²) in [4.78, 5) is 11.3. The van der Waals surface area contributed by atoms with Crippen molar-refractivity contribution in [2.45, 2.75) is 90.5 Å². The average molecular weight is 271 g/mol. The summed E-state index contributed by atoms with van der Waals surface area (Å²) in [6.45, 7) is 4.68. The topological polar surface area (TPSA) is 52.3 Å². The third-order valence-electron chi connectivity index (χ3n) is 3.48. The Hall–Kier alpha value is -0.570. The first-order chi connectivity index (χ1) is 9.22. The van der Waals surface area contributed by atoms with Crippen LogP contribution in [0.2, 0.25) is 0 Å². The van der Waals surface area contributed by atoms with Crippen molar-refractivity contribution >= 4 is 5.97 Å². The normalized spacial score (nSPS) is 12.4. The van der Waals surface area contributed by atoms with Gasteiger partial charge in [-0.1, -0.05) is 71.6 Å². The first-order valence-electron chi connectivity index (χ1n) is 8.14. The molecule has 0 aliphatic heterocycles. The second-order valence-corrected chi connectivity index (χ2v) is 5.36. The van der Waals surface area contributed by atoms with Gasteiger partial charge in [-0.05, 0) is 12.8 Å². The first-order valence-corrected chi connectivity index (χ1v) is 8.14. The fraction of sp³-hybridized carbons (Fsp3) is 0.938. The van der Waals surface area contributed by atoms with Gasteiger partial charge in [-0.15, -0.1) is 0 Å². The van der Waals surface area contributed by atoms with Gasteiger partial charge < -0.3 is 10.5 Å². The molecule has 2 N–H and O–H groups in total. The SMILES string of the molecule is CCCCCCCCCCCCOC(=O)C(N)CC. The zero-order chi connectivity index (χ0) is 14.3. The molecule has 0 aromatic carbocycles. The van der Waals surface area contributed by atoms with Crippen molar-refractivity contribution in [1.29, 1.82) is 0 Å². The van der Waals surface area contributed by atoms with Gasteiger partial charge in [0.25, 0.3) is 0 Å². The Kier molecular flexibility index (Phi) is 13.4. The Morgan fingerprint density at radius 1 is 0.895 bits per heavy atom. The van der Waals surface area contributed by atoms with Crippen molar-refractivity contribution in [3.8, 4) is 0 Å². The summed E-state index contributed by atoms with van der Waals surface area (Å²) in [7, 11) is 0. The summed E-state index contributed by atoms with van der Waals surface area (Å²) in [6, 6.07) is -0.442. The summed E-state index contributed by atoms with van der Waals surface area (Å²) in [6.07, 6.45) is 13.6. The number of hydrogen-bond acceptors (Lipinski definition) is 3. The van der Waals surface area contributed by atoms with Crippen LogP contribution >= 0.6 is 0 Å². The molecule has 0 amide bonds. The van der Waals surface area contributed by atoms with Crippen LogP contribution in [0, 0.1) is 0 Å². The van der Waals surface area contributed by atoms with Crippen molar-refractivity contribution in [1.82, 2.24) is 0 Å². The van der Waals surface area contributed by atoms with E-state index in [1.165, 1.54) is 51.4 Å². The van der Waals surface area contributed by atoms with E-state index in [4.69, 9.17) is 10.5 Å². The lowest BCUT2D eigenvalue weighted by Gasteiger charge is -2.09. The van der Waals surface area contributed by atoms with Crippen molar-refractivity contribution in [3.05, 3.63) is 0 Å². The molecule has 3 heteroatoms. The van der Waals surface area contributed by atoms with E-state index in [1.807, 2.05) is 6.92 Å². The van der Waals surface area contributed by atoms with E-state index in [1.54, 1.807) is 0 Å². The Morgan fingerprint density at radius 3 is 1.84 bits per heavy atom. The van der Waals surface area contributed by atoms with Crippen LogP contribution in [0.1, 0.15) is 84.5 Å². The van der Waals surface area contributed by atoms with Gasteiger partial charge in [-0.3, -0.25) is 4.79 Å². The number of hydrogen-bond donors (Lipinski definition) is 1. The number of esters is 1. The lowest BCUT2D eigenvalue weighted by atomic mass is 10.1. The van der Waals surface area contributed by atoms with E-state index >= 15 is 0 Å². The maximum atomic E-state index is 11.3. The molecule has 0 bridgehead atoms. The molecule has 0 fully saturated rings. The molecule has 0 aliphatic rings. The fourth-order valence-electron chi connectivity index (χ4n) is 2.04. The predicted octanol–water partition coefficient (Wildman–Crippen LogP) is 4.19. The van der Waals surface area contributed by atoms with Crippen LogP contribution in [0.5, 0.6) is 0 Å². The highest BCUT2D eigenvalue weighted by Gasteiger charge is 2.11. The molecule has 0 saturated carbocycles. The summed E-state index contributed by atoms with van der Waals surface area (Å²) >= 11 is 0. The second-order valence-electron chi connectivity index (χ2n) is 5.36. The van der Waals surface area contributed by atoms with Gasteiger partial charge in [0, 0.05) is 0 Å². The van der Waals surface area contributed by atoms with Gasteiger partial charge in [0.2, 0.25) is 0 Å². The highest BCUT2D eigenvalue weighted by Crippen LogP contribution is 2.10. The maximum absolute atomic E-state index is 11.3. The van der Waals surface area contributed by atoms with Crippen LogP contribution in [-0.2, 0) is 9.53 Å². The van der Waals surface area contributed by atoms with Crippen molar-refractivity contribution in [2.75, 3.05) is 6.61 Å². The molecule has 0 aromatic rings. The molecule has 114 valence electrons. The predicted molar refractivity (Wildman–Crippen MR) is 81.1 cm³/mol.